The number of hydrogen-bond donors (Lipinski definition) is 2. The molecule has 1 aromatic heterocycles. The molecule has 0 saturated carbocycles. The molecule has 1 aliphatic heterocycles. The Bertz CT molecular complexity index is 614. The fraction of sp³-hybridized carbons (Fsp3) is 0.500. The Morgan fingerprint density at radius 1 is 1.36 bits per heavy atom. The number of carbonyl (C=O) groups is 1. The molecule has 1 amide bonds. The minimum Gasteiger partial charge on any atom is -0.381 e. The molecule has 4 heteroatoms. The first-order valence-electron chi connectivity index (χ1n) is 8.22. The fourth-order valence-electron chi connectivity index (χ4n) is 3.09. The number of fused-ring (bicyclic) bond motifs is 1. The van der Waals surface area contributed by atoms with Crippen LogP contribution in [0.2, 0.25) is 0 Å². The number of aromatic amines is 1. The summed E-state index contributed by atoms with van der Waals surface area (Å²) >= 11 is 0. The van der Waals surface area contributed by atoms with E-state index in [2.05, 4.69) is 34.7 Å². The van der Waals surface area contributed by atoms with Gasteiger partial charge >= 0.3 is 0 Å². The molecule has 2 N–H and O–H groups in total. The van der Waals surface area contributed by atoms with Gasteiger partial charge in [0.15, 0.2) is 0 Å². The van der Waals surface area contributed by atoms with E-state index < -0.39 is 0 Å². The van der Waals surface area contributed by atoms with E-state index in [0.717, 1.165) is 45.4 Å². The summed E-state index contributed by atoms with van der Waals surface area (Å²) in [6, 6.07) is 8.30. The molecule has 1 atom stereocenters. The summed E-state index contributed by atoms with van der Waals surface area (Å²) in [5.74, 6) is 0.650. The van der Waals surface area contributed by atoms with Crippen LogP contribution in [0.4, 0.5) is 0 Å². The van der Waals surface area contributed by atoms with Gasteiger partial charge in [-0.2, -0.15) is 0 Å². The molecule has 2 aromatic rings. The van der Waals surface area contributed by atoms with Crippen LogP contribution < -0.4 is 5.32 Å². The summed E-state index contributed by atoms with van der Waals surface area (Å²) in [5, 5.41) is 4.31. The molecule has 1 aliphatic rings. The molecule has 3 rings (SSSR count). The average Bonchev–Trinajstić information content (AvgIpc) is 2.97. The summed E-state index contributed by atoms with van der Waals surface area (Å²) in [7, 11) is 0. The normalized spacial score (nSPS) is 18.5. The third kappa shape index (κ3) is 3.89. The van der Waals surface area contributed by atoms with Crippen molar-refractivity contribution < 1.29 is 9.53 Å². The smallest absolute Gasteiger partial charge is 0.220 e. The molecule has 0 aliphatic carbocycles. The highest BCUT2D eigenvalue weighted by Gasteiger charge is 2.14. The van der Waals surface area contributed by atoms with Crippen LogP contribution in [0.1, 0.15) is 31.2 Å². The second kappa shape index (κ2) is 7.45. The van der Waals surface area contributed by atoms with Gasteiger partial charge in [0.2, 0.25) is 5.91 Å². The number of benzene rings is 1. The number of amides is 1. The van der Waals surface area contributed by atoms with Crippen LogP contribution in [0.25, 0.3) is 10.9 Å². The van der Waals surface area contributed by atoms with Gasteiger partial charge < -0.3 is 15.0 Å². The number of rotatable bonds is 6. The average molecular weight is 300 g/mol. The molecular weight excluding hydrogens is 276 g/mol. The minimum atomic E-state index is 0.158. The van der Waals surface area contributed by atoms with Gasteiger partial charge in [-0.05, 0) is 43.2 Å². The predicted molar refractivity (Wildman–Crippen MR) is 87.8 cm³/mol. The maximum absolute atomic E-state index is 11.9. The van der Waals surface area contributed by atoms with E-state index in [-0.39, 0.29) is 5.91 Å². The van der Waals surface area contributed by atoms with Gasteiger partial charge in [-0.25, -0.2) is 0 Å². The Kier molecular flexibility index (Phi) is 5.11. The first kappa shape index (κ1) is 15.1. The van der Waals surface area contributed by atoms with Crippen LogP contribution in [-0.4, -0.2) is 30.6 Å². The summed E-state index contributed by atoms with van der Waals surface area (Å²) in [4.78, 5) is 15.2. The lowest BCUT2D eigenvalue weighted by atomic mass is 10.0. The Labute approximate surface area is 131 Å². The van der Waals surface area contributed by atoms with E-state index in [1.807, 2.05) is 6.07 Å². The summed E-state index contributed by atoms with van der Waals surface area (Å²) < 4.78 is 5.43. The van der Waals surface area contributed by atoms with Crippen LogP contribution in [0.15, 0.2) is 30.5 Å². The molecule has 0 radical (unpaired) electrons. The lowest BCUT2D eigenvalue weighted by molar-refractivity contribution is -0.121. The molecule has 1 aromatic carbocycles. The van der Waals surface area contributed by atoms with Gasteiger partial charge in [0, 0.05) is 36.7 Å². The number of aryl methyl sites for hydroxylation is 1. The zero-order chi connectivity index (χ0) is 15.2. The summed E-state index contributed by atoms with van der Waals surface area (Å²) in [6.07, 6.45) is 6.74. The van der Waals surface area contributed by atoms with Crippen molar-refractivity contribution in [3.8, 4) is 0 Å². The van der Waals surface area contributed by atoms with E-state index >= 15 is 0 Å². The van der Waals surface area contributed by atoms with Crippen molar-refractivity contribution >= 4 is 16.8 Å². The molecule has 0 unspecified atom stereocenters. The second-order valence-electron chi connectivity index (χ2n) is 6.10. The van der Waals surface area contributed by atoms with Crippen LogP contribution >= 0.6 is 0 Å². The molecule has 1 fully saturated rings. The molecule has 0 spiro atoms. The third-order valence-electron chi connectivity index (χ3n) is 4.37. The topological polar surface area (TPSA) is 54.1 Å². The quantitative estimate of drug-likeness (QED) is 0.861. The SMILES string of the molecule is O=C(CCCc1c[nH]c2ccccc12)NC[C@H]1CCCOC1. The lowest BCUT2D eigenvalue weighted by Crippen LogP contribution is -2.33. The number of hydrogen-bond acceptors (Lipinski definition) is 2. The van der Waals surface area contributed by atoms with Crippen molar-refractivity contribution in [3.05, 3.63) is 36.0 Å². The Morgan fingerprint density at radius 2 is 2.27 bits per heavy atom. The zero-order valence-electron chi connectivity index (χ0n) is 12.9. The van der Waals surface area contributed by atoms with Gasteiger partial charge in [-0.1, -0.05) is 18.2 Å². The molecule has 22 heavy (non-hydrogen) atoms. The van der Waals surface area contributed by atoms with E-state index in [4.69, 9.17) is 4.74 Å². The van der Waals surface area contributed by atoms with Gasteiger partial charge in [-0.3, -0.25) is 4.79 Å². The van der Waals surface area contributed by atoms with Crippen LogP contribution in [0.3, 0.4) is 0 Å². The van der Waals surface area contributed by atoms with Crippen molar-refractivity contribution in [1.29, 1.82) is 0 Å². The molecule has 4 nitrogen and oxygen atoms in total. The molecule has 0 bridgehead atoms. The summed E-state index contributed by atoms with van der Waals surface area (Å²) in [6.45, 7) is 2.41. The van der Waals surface area contributed by atoms with Crippen molar-refractivity contribution in [1.82, 2.24) is 10.3 Å². The monoisotopic (exact) mass is 300 g/mol. The standard InChI is InChI=1S/C18H24N2O2/c21-18(20-11-14-5-4-10-22-13-14)9-3-6-15-12-19-17-8-2-1-7-16(15)17/h1-2,7-8,12,14,19H,3-6,9-11,13H2,(H,20,21)/t14-/m1/s1. The maximum atomic E-state index is 11.9. The third-order valence-corrected chi connectivity index (χ3v) is 4.37. The van der Waals surface area contributed by atoms with Crippen molar-refractivity contribution in [2.75, 3.05) is 19.8 Å². The number of para-hydroxylation sites is 1. The number of ether oxygens (including phenoxy) is 1. The largest absolute Gasteiger partial charge is 0.381 e. The minimum absolute atomic E-state index is 0.158. The van der Waals surface area contributed by atoms with E-state index in [0.29, 0.717) is 12.3 Å². The first-order valence-corrected chi connectivity index (χ1v) is 8.22. The van der Waals surface area contributed by atoms with Gasteiger partial charge in [0.25, 0.3) is 0 Å². The van der Waals surface area contributed by atoms with Crippen molar-refractivity contribution in [2.24, 2.45) is 5.92 Å². The van der Waals surface area contributed by atoms with Crippen LogP contribution in [-0.2, 0) is 16.0 Å². The number of carbonyl (C=O) groups excluding carboxylic acids is 1. The first-order chi connectivity index (χ1) is 10.8. The van der Waals surface area contributed by atoms with Crippen LogP contribution in [0, 0.1) is 5.92 Å². The molecular formula is C18H24N2O2. The Morgan fingerprint density at radius 3 is 3.14 bits per heavy atom. The lowest BCUT2D eigenvalue weighted by Gasteiger charge is -2.22. The van der Waals surface area contributed by atoms with Crippen molar-refractivity contribution in [3.63, 3.8) is 0 Å². The number of aromatic nitrogens is 1. The predicted octanol–water partition coefficient (Wildman–Crippen LogP) is 3.03. The number of H-pyrrole nitrogens is 1. The highest BCUT2D eigenvalue weighted by Crippen LogP contribution is 2.19. The van der Waals surface area contributed by atoms with Gasteiger partial charge in [-0.15, -0.1) is 0 Å². The van der Waals surface area contributed by atoms with Gasteiger partial charge in [0.05, 0.1) is 6.61 Å². The Hall–Kier alpha value is -1.81. The maximum Gasteiger partial charge on any atom is 0.220 e. The fourth-order valence-corrected chi connectivity index (χ4v) is 3.09. The highest BCUT2D eigenvalue weighted by atomic mass is 16.5. The molecule has 1 saturated heterocycles. The molecule has 118 valence electrons. The zero-order valence-corrected chi connectivity index (χ0v) is 12.9. The van der Waals surface area contributed by atoms with Gasteiger partial charge in [0.1, 0.15) is 0 Å². The van der Waals surface area contributed by atoms with Crippen molar-refractivity contribution in [2.45, 2.75) is 32.1 Å². The van der Waals surface area contributed by atoms with E-state index in [1.54, 1.807) is 0 Å². The molecule has 2 heterocycles. The summed E-state index contributed by atoms with van der Waals surface area (Å²) in [5.41, 5.74) is 2.46. The second-order valence-corrected chi connectivity index (χ2v) is 6.10. The number of nitrogens with one attached hydrogen (secondary N) is 2. The highest BCUT2D eigenvalue weighted by molar-refractivity contribution is 5.83. The van der Waals surface area contributed by atoms with Crippen LogP contribution in [0.5, 0.6) is 0 Å². The Balaban J connectivity index is 1.40. The van der Waals surface area contributed by atoms with E-state index in [1.165, 1.54) is 16.5 Å². The van der Waals surface area contributed by atoms with E-state index in [9.17, 15) is 4.79 Å².